The molecule has 0 bridgehead atoms. The molecule has 1 aromatic rings. The molecule has 18 heavy (non-hydrogen) atoms. The second-order valence-corrected chi connectivity index (χ2v) is 4.79. The average Bonchev–Trinajstić information content (AvgIpc) is 2.34. The Morgan fingerprint density at radius 2 is 1.89 bits per heavy atom. The summed E-state index contributed by atoms with van der Waals surface area (Å²) in [6.07, 6.45) is -0.539. The van der Waals surface area contributed by atoms with E-state index in [1.807, 2.05) is 0 Å². The second-order valence-electron chi connectivity index (χ2n) is 4.79. The van der Waals surface area contributed by atoms with Crippen molar-refractivity contribution in [1.29, 1.82) is 0 Å². The normalized spacial score (nSPS) is 12.3. The van der Waals surface area contributed by atoms with Crippen LogP contribution in [0.3, 0.4) is 0 Å². The molecule has 1 amide bonds. The number of aliphatic hydroxyl groups is 1. The highest BCUT2D eigenvalue weighted by Gasteiger charge is 2.06. The van der Waals surface area contributed by atoms with Crippen LogP contribution in [0.5, 0.6) is 5.75 Å². The van der Waals surface area contributed by atoms with Crippen molar-refractivity contribution in [2.24, 2.45) is 5.92 Å². The highest BCUT2D eigenvalue weighted by molar-refractivity contribution is 5.94. The fourth-order valence-electron chi connectivity index (χ4n) is 1.31. The van der Waals surface area contributed by atoms with Crippen LogP contribution < -0.4 is 10.1 Å². The van der Waals surface area contributed by atoms with Gasteiger partial charge >= 0.3 is 0 Å². The van der Waals surface area contributed by atoms with Gasteiger partial charge in [-0.25, -0.2) is 0 Å². The Labute approximate surface area is 108 Å². The van der Waals surface area contributed by atoms with Gasteiger partial charge in [-0.2, -0.15) is 0 Å². The largest absolute Gasteiger partial charge is 0.493 e. The zero-order chi connectivity index (χ0) is 13.5. The summed E-state index contributed by atoms with van der Waals surface area (Å²) >= 11 is 0. The van der Waals surface area contributed by atoms with Gasteiger partial charge in [-0.1, -0.05) is 13.8 Å². The maximum atomic E-state index is 11.7. The van der Waals surface area contributed by atoms with Crippen LogP contribution >= 0.6 is 0 Å². The topological polar surface area (TPSA) is 58.6 Å². The molecule has 1 aromatic carbocycles. The number of nitrogens with one attached hydrogen (secondary N) is 1. The van der Waals surface area contributed by atoms with E-state index in [-0.39, 0.29) is 12.5 Å². The maximum absolute atomic E-state index is 11.7. The molecule has 0 fully saturated rings. The lowest BCUT2D eigenvalue weighted by Gasteiger charge is -2.10. The smallest absolute Gasteiger partial charge is 0.251 e. The number of carbonyl (C=O) groups is 1. The number of ether oxygens (including phenoxy) is 1. The molecule has 0 aliphatic heterocycles. The molecule has 1 atom stereocenters. The van der Waals surface area contributed by atoms with E-state index in [4.69, 9.17) is 9.84 Å². The SMILES string of the molecule is CC(C)COc1ccc(C(=O)NCC(C)O)cc1. The van der Waals surface area contributed by atoms with Crippen molar-refractivity contribution in [3.8, 4) is 5.75 Å². The van der Waals surface area contributed by atoms with E-state index in [0.717, 1.165) is 5.75 Å². The van der Waals surface area contributed by atoms with Crippen LogP contribution in [0.1, 0.15) is 31.1 Å². The molecule has 0 saturated heterocycles. The van der Waals surface area contributed by atoms with Crippen LogP contribution in [0, 0.1) is 5.92 Å². The Bertz CT molecular complexity index is 371. The van der Waals surface area contributed by atoms with E-state index in [2.05, 4.69) is 19.2 Å². The van der Waals surface area contributed by atoms with Crippen LogP contribution in [0.4, 0.5) is 0 Å². The molecule has 0 aliphatic rings. The van der Waals surface area contributed by atoms with E-state index in [9.17, 15) is 4.79 Å². The van der Waals surface area contributed by atoms with Crippen LogP contribution in [0.2, 0.25) is 0 Å². The first-order valence-corrected chi connectivity index (χ1v) is 6.18. The minimum absolute atomic E-state index is 0.189. The molecule has 0 radical (unpaired) electrons. The van der Waals surface area contributed by atoms with Crippen LogP contribution in [-0.2, 0) is 0 Å². The molecule has 4 heteroatoms. The molecule has 0 spiro atoms. The average molecular weight is 251 g/mol. The highest BCUT2D eigenvalue weighted by atomic mass is 16.5. The number of rotatable bonds is 6. The Morgan fingerprint density at radius 1 is 1.28 bits per heavy atom. The maximum Gasteiger partial charge on any atom is 0.251 e. The van der Waals surface area contributed by atoms with Crippen molar-refractivity contribution in [3.63, 3.8) is 0 Å². The van der Waals surface area contributed by atoms with Gasteiger partial charge in [-0.05, 0) is 37.1 Å². The molecule has 100 valence electrons. The summed E-state index contributed by atoms with van der Waals surface area (Å²) in [4.78, 5) is 11.7. The first-order chi connectivity index (χ1) is 8.49. The third kappa shape index (κ3) is 5.19. The van der Waals surface area contributed by atoms with Crippen LogP contribution in [0.15, 0.2) is 24.3 Å². The van der Waals surface area contributed by atoms with Gasteiger partial charge in [-0.3, -0.25) is 4.79 Å². The Morgan fingerprint density at radius 3 is 2.39 bits per heavy atom. The molecule has 1 rings (SSSR count). The number of hydrogen-bond acceptors (Lipinski definition) is 3. The number of benzene rings is 1. The van der Waals surface area contributed by atoms with Crippen molar-refractivity contribution in [2.75, 3.05) is 13.2 Å². The third-order valence-corrected chi connectivity index (χ3v) is 2.26. The number of hydrogen-bond donors (Lipinski definition) is 2. The zero-order valence-electron chi connectivity index (χ0n) is 11.1. The van der Waals surface area contributed by atoms with E-state index >= 15 is 0 Å². The van der Waals surface area contributed by atoms with Crippen LogP contribution in [0.25, 0.3) is 0 Å². The fourth-order valence-corrected chi connectivity index (χ4v) is 1.31. The summed E-state index contributed by atoms with van der Waals surface area (Å²) in [5, 5.41) is 11.7. The lowest BCUT2D eigenvalue weighted by atomic mass is 10.2. The summed E-state index contributed by atoms with van der Waals surface area (Å²) in [6, 6.07) is 6.99. The van der Waals surface area contributed by atoms with E-state index < -0.39 is 6.10 Å². The number of aliphatic hydroxyl groups excluding tert-OH is 1. The Hall–Kier alpha value is -1.55. The summed E-state index contributed by atoms with van der Waals surface area (Å²) in [7, 11) is 0. The molecule has 0 aromatic heterocycles. The molecular formula is C14H21NO3. The fraction of sp³-hybridized carbons (Fsp3) is 0.500. The Balaban J connectivity index is 2.51. The van der Waals surface area contributed by atoms with E-state index in [0.29, 0.717) is 18.1 Å². The van der Waals surface area contributed by atoms with Crippen molar-refractivity contribution in [3.05, 3.63) is 29.8 Å². The van der Waals surface area contributed by atoms with Crippen molar-refractivity contribution < 1.29 is 14.6 Å². The summed E-state index contributed by atoms with van der Waals surface area (Å²) in [5.41, 5.74) is 0.563. The monoisotopic (exact) mass is 251 g/mol. The summed E-state index contributed by atoms with van der Waals surface area (Å²) in [5.74, 6) is 1.04. The number of carbonyl (C=O) groups excluding carboxylic acids is 1. The lowest BCUT2D eigenvalue weighted by Crippen LogP contribution is -2.30. The van der Waals surface area contributed by atoms with Gasteiger partial charge in [0.05, 0.1) is 12.7 Å². The predicted octanol–water partition coefficient (Wildman–Crippen LogP) is 1.83. The minimum atomic E-state index is -0.539. The second kappa shape index (κ2) is 7.01. The zero-order valence-corrected chi connectivity index (χ0v) is 11.1. The summed E-state index contributed by atoms with van der Waals surface area (Å²) in [6.45, 7) is 6.71. The molecular weight excluding hydrogens is 230 g/mol. The van der Waals surface area contributed by atoms with Gasteiger partial charge in [-0.15, -0.1) is 0 Å². The van der Waals surface area contributed by atoms with Gasteiger partial charge in [0, 0.05) is 12.1 Å². The minimum Gasteiger partial charge on any atom is -0.493 e. The van der Waals surface area contributed by atoms with Gasteiger partial charge in [0.2, 0.25) is 0 Å². The molecule has 0 saturated carbocycles. The molecule has 4 nitrogen and oxygen atoms in total. The lowest BCUT2D eigenvalue weighted by molar-refractivity contribution is 0.0924. The van der Waals surface area contributed by atoms with Gasteiger partial charge in [0.15, 0.2) is 0 Å². The molecule has 1 unspecified atom stereocenters. The van der Waals surface area contributed by atoms with Crippen molar-refractivity contribution >= 4 is 5.91 Å². The highest BCUT2D eigenvalue weighted by Crippen LogP contribution is 2.13. The standard InChI is InChI=1S/C14H21NO3/c1-10(2)9-18-13-6-4-12(5-7-13)14(17)15-8-11(3)16/h4-7,10-11,16H,8-9H2,1-3H3,(H,15,17). The first-order valence-electron chi connectivity index (χ1n) is 6.18. The number of amides is 1. The predicted molar refractivity (Wildman–Crippen MR) is 70.8 cm³/mol. The quantitative estimate of drug-likeness (QED) is 0.811. The van der Waals surface area contributed by atoms with Crippen LogP contribution in [-0.4, -0.2) is 30.3 Å². The van der Waals surface area contributed by atoms with Crippen molar-refractivity contribution in [1.82, 2.24) is 5.32 Å². The molecule has 0 aliphatic carbocycles. The van der Waals surface area contributed by atoms with Crippen molar-refractivity contribution in [2.45, 2.75) is 26.9 Å². The van der Waals surface area contributed by atoms with Gasteiger partial charge in [0.25, 0.3) is 5.91 Å². The summed E-state index contributed by atoms with van der Waals surface area (Å²) < 4.78 is 5.53. The molecule has 0 heterocycles. The van der Waals surface area contributed by atoms with Gasteiger partial charge < -0.3 is 15.2 Å². The Kier molecular flexibility index (Phi) is 5.65. The first kappa shape index (κ1) is 14.5. The molecule has 2 N–H and O–H groups in total. The van der Waals surface area contributed by atoms with Gasteiger partial charge in [0.1, 0.15) is 5.75 Å². The van der Waals surface area contributed by atoms with E-state index in [1.165, 1.54) is 0 Å². The van der Waals surface area contributed by atoms with E-state index in [1.54, 1.807) is 31.2 Å². The third-order valence-electron chi connectivity index (χ3n) is 2.26.